The second-order valence-corrected chi connectivity index (χ2v) is 8.33. The lowest BCUT2D eigenvalue weighted by atomic mass is 10.0. The lowest BCUT2D eigenvalue weighted by Crippen LogP contribution is -2.47. The molecule has 0 radical (unpaired) electrons. The fraction of sp³-hybridized carbons (Fsp3) is 1.00. The van der Waals surface area contributed by atoms with Crippen molar-refractivity contribution in [2.45, 2.75) is 37.7 Å². The molecule has 6 nitrogen and oxygen atoms in total. The average Bonchev–Trinajstić information content (AvgIpc) is 3.09. The summed E-state index contributed by atoms with van der Waals surface area (Å²) in [6.45, 7) is 4.62. The fourth-order valence-electron chi connectivity index (χ4n) is 3.58. The van der Waals surface area contributed by atoms with Gasteiger partial charge in [0.15, 0.2) is 0 Å². The molecule has 3 saturated heterocycles. The Morgan fingerprint density at radius 1 is 0.900 bits per heavy atom. The minimum atomic E-state index is -3.35. The van der Waals surface area contributed by atoms with Crippen LogP contribution in [0, 0.1) is 0 Å². The molecular weight excluding hydrogens is 278 g/mol. The third kappa shape index (κ3) is 2.87. The van der Waals surface area contributed by atoms with Crippen molar-refractivity contribution in [2.24, 2.45) is 0 Å². The summed E-state index contributed by atoms with van der Waals surface area (Å²) >= 11 is 0. The lowest BCUT2D eigenvalue weighted by Gasteiger charge is -2.29. The molecular formula is C13H25N3O3S. The van der Waals surface area contributed by atoms with E-state index in [0.717, 1.165) is 25.9 Å². The first kappa shape index (κ1) is 14.7. The molecule has 20 heavy (non-hydrogen) atoms. The molecule has 3 rings (SSSR count). The molecule has 0 aromatic rings. The molecule has 0 amide bonds. The van der Waals surface area contributed by atoms with Gasteiger partial charge in [-0.2, -0.15) is 17.0 Å². The molecule has 3 fully saturated rings. The SMILES string of the molecule is O=S(=O)(N1CCCC1)N1CCC(O)(CN2CCCC2)C1. The molecule has 7 heteroatoms. The van der Waals surface area contributed by atoms with Gasteiger partial charge in [0.25, 0.3) is 10.2 Å². The summed E-state index contributed by atoms with van der Waals surface area (Å²) in [5, 5.41) is 10.7. The first-order valence-electron chi connectivity index (χ1n) is 7.70. The van der Waals surface area contributed by atoms with E-state index in [0.29, 0.717) is 32.6 Å². The van der Waals surface area contributed by atoms with Crippen molar-refractivity contribution >= 4 is 10.2 Å². The van der Waals surface area contributed by atoms with Gasteiger partial charge in [-0.25, -0.2) is 0 Å². The number of rotatable bonds is 4. The third-order valence-corrected chi connectivity index (χ3v) is 6.71. The van der Waals surface area contributed by atoms with Crippen molar-refractivity contribution in [1.29, 1.82) is 0 Å². The third-order valence-electron chi connectivity index (χ3n) is 4.73. The molecule has 1 unspecified atom stereocenters. The Labute approximate surface area is 121 Å². The van der Waals surface area contributed by atoms with Gasteiger partial charge in [-0.3, -0.25) is 0 Å². The first-order chi connectivity index (χ1) is 9.50. The number of aliphatic hydroxyl groups is 1. The zero-order valence-corrected chi connectivity index (χ0v) is 12.8. The molecule has 0 bridgehead atoms. The highest BCUT2D eigenvalue weighted by Crippen LogP contribution is 2.28. The van der Waals surface area contributed by atoms with Crippen molar-refractivity contribution in [3.8, 4) is 0 Å². The van der Waals surface area contributed by atoms with Gasteiger partial charge in [-0.05, 0) is 45.2 Å². The highest BCUT2D eigenvalue weighted by molar-refractivity contribution is 7.86. The number of hydrogen-bond donors (Lipinski definition) is 1. The van der Waals surface area contributed by atoms with Crippen LogP contribution < -0.4 is 0 Å². The minimum absolute atomic E-state index is 0.252. The van der Waals surface area contributed by atoms with Gasteiger partial charge in [-0.1, -0.05) is 0 Å². The largest absolute Gasteiger partial charge is 0.387 e. The van der Waals surface area contributed by atoms with Crippen LogP contribution in [0.3, 0.4) is 0 Å². The standard InChI is InChI=1S/C13H25N3O3S/c17-13(11-14-6-1-2-7-14)5-10-16(12-13)20(18,19)15-8-3-4-9-15/h17H,1-12H2. The summed E-state index contributed by atoms with van der Waals surface area (Å²) in [7, 11) is -3.35. The van der Waals surface area contributed by atoms with Crippen LogP contribution in [0.25, 0.3) is 0 Å². The Kier molecular flexibility index (Phi) is 4.07. The molecule has 0 aliphatic carbocycles. The molecule has 0 spiro atoms. The van der Waals surface area contributed by atoms with E-state index in [1.54, 1.807) is 4.31 Å². The van der Waals surface area contributed by atoms with Gasteiger partial charge in [0.2, 0.25) is 0 Å². The van der Waals surface area contributed by atoms with Gasteiger partial charge in [0.05, 0.1) is 5.60 Å². The van der Waals surface area contributed by atoms with Gasteiger partial charge in [-0.15, -0.1) is 0 Å². The molecule has 0 aromatic heterocycles. The summed E-state index contributed by atoms with van der Waals surface area (Å²) in [6.07, 6.45) is 4.82. The maximum absolute atomic E-state index is 12.5. The number of hydrogen-bond acceptors (Lipinski definition) is 4. The highest BCUT2D eigenvalue weighted by atomic mass is 32.2. The zero-order valence-electron chi connectivity index (χ0n) is 12.0. The Bertz CT molecular complexity index is 444. The smallest absolute Gasteiger partial charge is 0.282 e. The molecule has 116 valence electrons. The normalized spacial score (nSPS) is 34.2. The lowest BCUT2D eigenvalue weighted by molar-refractivity contribution is 0.0230. The average molecular weight is 303 g/mol. The first-order valence-corrected chi connectivity index (χ1v) is 9.09. The van der Waals surface area contributed by atoms with Crippen molar-refractivity contribution < 1.29 is 13.5 Å². The van der Waals surface area contributed by atoms with E-state index in [-0.39, 0.29) is 6.54 Å². The molecule has 0 aromatic carbocycles. The van der Waals surface area contributed by atoms with Crippen LogP contribution in [-0.4, -0.2) is 78.4 Å². The van der Waals surface area contributed by atoms with Crippen LogP contribution in [0.5, 0.6) is 0 Å². The highest BCUT2D eigenvalue weighted by Gasteiger charge is 2.44. The minimum Gasteiger partial charge on any atom is -0.387 e. The summed E-state index contributed by atoms with van der Waals surface area (Å²) in [5.74, 6) is 0. The van der Waals surface area contributed by atoms with Crippen molar-refractivity contribution in [3.05, 3.63) is 0 Å². The van der Waals surface area contributed by atoms with Crippen molar-refractivity contribution in [1.82, 2.24) is 13.5 Å². The van der Waals surface area contributed by atoms with Gasteiger partial charge in [0, 0.05) is 32.7 Å². The van der Waals surface area contributed by atoms with E-state index in [4.69, 9.17) is 0 Å². The van der Waals surface area contributed by atoms with E-state index >= 15 is 0 Å². The molecule has 1 atom stereocenters. The van der Waals surface area contributed by atoms with E-state index < -0.39 is 15.8 Å². The van der Waals surface area contributed by atoms with Gasteiger partial charge < -0.3 is 10.0 Å². The Balaban J connectivity index is 1.63. The maximum atomic E-state index is 12.5. The summed E-state index contributed by atoms with van der Waals surface area (Å²) in [5.41, 5.74) is -0.864. The summed E-state index contributed by atoms with van der Waals surface area (Å²) in [4.78, 5) is 2.26. The Morgan fingerprint density at radius 3 is 2.15 bits per heavy atom. The monoisotopic (exact) mass is 303 g/mol. The van der Waals surface area contributed by atoms with E-state index in [9.17, 15) is 13.5 Å². The molecule has 3 aliphatic rings. The molecule has 1 N–H and O–H groups in total. The van der Waals surface area contributed by atoms with E-state index in [1.807, 2.05) is 0 Å². The van der Waals surface area contributed by atoms with Crippen LogP contribution in [0.4, 0.5) is 0 Å². The zero-order chi connectivity index (χ0) is 14.2. The quantitative estimate of drug-likeness (QED) is 0.785. The van der Waals surface area contributed by atoms with Crippen LogP contribution in [0.1, 0.15) is 32.1 Å². The van der Waals surface area contributed by atoms with Gasteiger partial charge >= 0.3 is 0 Å². The van der Waals surface area contributed by atoms with Crippen LogP contribution in [-0.2, 0) is 10.2 Å². The summed E-state index contributed by atoms with van der Waals surface area (Å²) in [6, 6.07) is 0. The number of likely N-dealkylation sites (tertiary alicyclic amines) is 1. The van der Waals surface area contributed by atoms with Crippen LogP contribution in [0.2, 0.25) is 0 Å². The summed E-state index contributed by atoms with van der Waals surface area (Å²) < 4.78 is 28.0. The number of nitrogens with zero attached hydrogens (tertiary/aromatic N) is 3. The Morgan fingerprint density at radius 2 is 1.50 bits per heavy atom. The van der Waals surface area contributed by atoms with Crippen molar-refractivity contribution in [3.63, 3.8) is 0 Å². The second kappa shape index (κ2) is 5.53. The maximum Gasteiger partial charge on any atom is 0.282 e. The molecule has 3 aliphatic heterocycles. The van der Waals surface area contributed by atoms with E-state index in [1.165, 1.54) is 17.1 Å². The predicted octanol–water partition coefficient (Wildman–Crippen LogP) is -0.140. The molecule has 0 saturated carbocycles. The van der Waals surface area contributed by atoms with Crippen molar-refractivity contribution in [2.75, 3.05) is 45.8 Å². The molecule has 3 heterocycles. The number of β-amino-alcohol motifs (C(OH)–C–C–N with tert-alkyl or cyclic N) is 1. The Hall–Kier alpha value is -0.210. The topological polar surface area (TPSA) is 64.1 Å². The second-order valence-electron chi connectivity index (χ2n) is 6.41. The van der Waals surface area contributed by atoms with E-state index in [2.05, 4.69) is 4.90 Å². The fourth-order valence-corrected chi connectivity index (χ4v) is 5.36. The van der Waals surface area contributed by atoms with Crippen LogP contribution >= 0.6 is 0 Å². The van der Waals surface area contributed by atoms with Crippen LogP contribution in [0.15, 0.2) is 0 Å². The predicted molar refractivity (Wildman–Crippen MR) is 76.5 cm³/mol. The van der Waals surface area contributed by atoms with Gasteiger partial charge in [0.1, 0.15) is 0 Å².